The van der Waals surface area contributed by atoms with Gasteiger partial charge in [0.1, 0.15) is 12.2 Å². The van der Waals surface area contributed by atoms with Crippen LogP contribution in [-0.2, 0) is 18.8 Å². The number of aliphatic hydroxyl groups excluding tert-OH is 1. The maximum Gasteiger partial charge on any atom is 0.343 e. The summed E-state index contributed by atoms with van der Waals surface area (Å²) in [5.41, 5.74) is 14.3. The van der Waals surface area contributed by atoms with Crippen molar-refractivity contribution in [3.63, 3.8) is 0 Å². The number of carbonyl (C=O) groups is 2. The Hall–Kier alpha value is -6.18. The fourth-order valence-electron chi connectivity index (χ4n) is 4.04. The van der Waals surface area contributed by atoms with Crippen LogP contribution in [0.25, 0.3) is 11.6 Å². The molecule has 0 bridgehead atoms. The lowest BCUT2D eigenvalue weighted by molar-refractivity contribution is 0.0601. The van der Waals surface area contributed by atoms with Crippen molar-refractivity contribution in [2.75, 3.05) is 25.2 Å². The molecule has 0 amide bonds. The molecule has 5 N–H and O–H groups in total. The quantitative estimate of drug-likeness (QED) is 0.124. The molecule has 0 unspecified atom stereocenters. The number of methoxy groups -OCH3 is 1. The Morgan fingerprint density at radius 2 is 1.27 bits per heavy atom. The Morgan fingerprint density at radius 1 is 0.818 bits per heavy atom. The molecule has 5 aromatic rings. The third-order valence-electron chi connectivity index (χ3n) is 6.35. The van der Waals surface area contributed by atoms with Gasteiger partial charge in [-0.25, -0.2) is 14.2 Å². The van der Waals surface area contributed by atoms with E-state index in [1.54, 1.807) is 40.1 Å². The summed E-state index contributed by atoms with van der Waals surface area (Å²) in [6.07, 6.45) is 2.62. The number of esters is 1. The van der Waals surface area contributed by atoms with E-state index in [-0.39, 0.29) is 57.4 Å². The summed E-state index contributed by atoms with van der Waals surface area (Å²) in [7, 11) is 4.44. The van der Waals surface area contributed by atoms with E-state index in [0.29, 0.717) is 11.4 Å². The molecule has 44 heavy (non-hydrogen) atoms. The van der Waals surface area contributed by atoms with E-state index in [4.69, 9.17) is 16.2 Å². The highest BCUT2D eigenvalue weighted by Crippen LogP contribution is 2.32. The lowest BCUT2D eigenvalue weighted by atomic mass is 10.2. The third-order valence-corrected chi connectivity index (χ3v) is 6.35. The minimum atomic E-state index is -0.694. The molecular weight excluding hydrogens is 576 g/mol. The van der Waals surface area contributed by atoms with Gasteiger partial charge in [-0.1, -0.05) is 0 Å². The minimum Gasteiger partial charge on any atom is -0.465 e. The average Bonchev–Trinajstić information content (AvgIpc) is 3.74. The molecule has 0 aliphatic heterocycles. The van der Waals surface area contributed by atoms with Crippen molar-refractivity contribution in [1.82, 2.24) is 49.3 Å². The molecule has 5 aromatic heterocycles. The number of Topliss-reactive ketones (excluding diaryl/α,β-unsaturated/α-hetero) is 1. The number of anilines is 2. The van der Waals surface area contributed by atoms with Gasteiger partial charge in [-0.05, 0) is 26.0 Å². The first kappa shape index (κ1) is 29.3. The van der Waals surface area contributed by atoms with Crippen LogP contribution >= 0.6 is 0 Å². The van der Waals surface area contributed by atoms with Crippen LogP contribution in [0.15, 0.2) is 45.0 Å². The van der Waals surface area contributed by atoms with Crippen LogP contribution in [0, 0.1) is 13.8 Å². The van der Waals surface area contributed by atoms with E-state index in [1.807, 2.05) is 0 Å². The predicted octanol–water partition coefficient (Wildman–Crippen LogP) is 1.89. The molecular formula is C24H26N16O4. The Morgan fingerprint density at radius 3 is 1.70 bits per heavy atom. The van der Waals surface area contributed by atoms with Crippen LogP contribution < -0.4 is 11.5 Å². The molecule has 0 saturated heterocycles. The number of azo groups is 2. The van der Waals surface area contributed by atoms with Crippen molar-refractivity contribution in [3.8, 4) is 11.6 Å². The number of carbonyl (C=O) groups excluding carboxylic acids is 2. The number of rotatable bonds is 9. The maximum atomic E-state index is 12.0. The average molecular weight is 603 g/mol. The normalized spacial score (nSPS) is 11.7. The summed E-state index contributed by atoms with van der Waals surface area (Å²) in [4.78, 5) is 24.0. The van der Waals surface area contributed by atoms with Crippen LogP contribution in [0.4, 0.5) is 34.6 Å². The second-order valence-electron chi connectivity index (χ2n) is 9.20. The lowest BCUT2D eigenvalue weighted by Crippen LogP contribution is -2.09. The van der Waals surface area contributed by atoms with Crippen LogP contribution in [-0.4, -0.2) is 79.9 Å². The largest absolute Gasteiger partial charge is 0.465 e. The Kier molecular flexibility index (Phi) is 7.73. The molecule has 0 atom stereocenters. The zero-order chi connectivity index (χ0) is 31.7. The molecule has 0 aliphatic rings. The van der Waals surface area contributed by atoms with Crippen molar-refractivity contribution >= 4 is 46.4 Å². The highest BCUT2D eigenvalue weighted by Gasteiger charge is 2.21. The van der Waals surface area contributed by atoms with Gasteiger partial charge in [0.2, 0.25) is 0 Å². The zero-order valence-corrected chi connectivity index (χ0v) is 24.1. The van der Waals surface area contributed by atoms with Gasteiger partial charge in [0.15, 0.2) is 52.1 Å². The first-order valence-corrected chi connectivity index (χ1v) is 12.7. The topological polar surface area (TPSA) is 262 Å². The number of ketones is 1. The number of hydrogen-bond acceptors (Lipinski definition) is 16. The van der Waals surface area contributed by atoms with E-state index < -0.39 is 18.4 Å². The number of nitrogens with two attached hydrogens (primary N) is 2. The molecule has 5 heterocycles. The van der Waals surface area contributed by atoms with Crippen molar-refractivity contribution in [2.45, 2.75) is 13.8 Å². The highest BCUT2D eigenvalue weighted by molar-refractivity contribution is 6.00. The molecule has 0 aromatic carbocycles. The van der Waals surface area contributed by atoms with E-state index >= 15 is 0 Å². The van der Waals surface area contributed by atoms with Gasteiger partial charge in [0.25, 0.3) is 0 Å². The van der Waals surface area contributed by atoms with Gasteiger partial charge in [-0.15, -0.1) is 30.7 Å². The second kappa shape index (κ2) is 11.6. The second-order valence-corrected chi connectivity index (χ2v) is 9.20. The number of nitrogens with zero attached hydrogens (tertiary/aromatic N) is 14. The molecule has 0 aliphatic carbocycles. The number of aliphatic hydroxyl groups is 1. The van der Waals surface area contributed by atoms with Gasteiger partial charge in [0, 0.05) is 14.1 Å². The van der Waals surface area contributed by atoms with Crippen LogP contribution in [0.5, 0.6) is 0 Å². The summed E-state index contributed by atoms with van der Waals surface area (Å²) in [5, 5.41) is 51.1. The van der Waals surface area contributed by atoms with Crippen LogP contribution in [0.2, 0.25) is 0 Å². The van der Waals surface area contributed by atoms with Gasteiger partial charge in [0.05, 0.1) is 36.5 Å². The molecule has 226 valence electrons. The molecule has 0 saturated carbocycles. The summed E-state index contributed by atoms with van der Waals surface area (Å²) in [6, 6.07) is 3.20. The van der Waals surface area contributed by atoms with Gasteiger partial charge in [-0.2, -0.15) is 29.8 Å². The summed E-state index contributed by atoms with van der Waals surface area (Å²) in [5.74, 6) is -0.0543. The minimum absolute atomic E-state index is 0.115. The van der Waals surface area contributed by atoms with E-state index in [2.05, 4.69) is 51.0 Å². The number of aromatic nitrogens is 10. The van der Waals surface area contributed by atoms with Crippen molar-refractivity contribution in [2.24, 2.45) is 34.6 Å². The summed E-state index contributed by atoms with van der Waals surface area (Å²) in [6.45, 7) is 2.67. The van der Waals surface area contributed by atoms with Gasteiger partial charge >= 0.3 is 5.97 Å². The molecule has 0 radical (unpaired) electrons. The fourth-order valence-corrected chi connectivity index (χ4v) is 4.04. The first-order chi connectivity index (χ1) is 21.0. The van der Waals surface area contributed by atoms with Crippen molar-refractivity contribution < 1.29 is 19.4 Å². The standard InChI is InChI=1S/C24H26N16O4/c1-11-18(31-33-22-13(15(42)10-41)8-27-37(22)3)20(25)39(35-11)16-6-7-17(30-29-16)40-21(26)19(12(2)36-40)32-34-23-14(24(43)44-5)9-28-38(23)4/h6-9,41H,10,25-26H2,1-5H3/b33-31+,34-32+. The monoisotopic (exact) mass is 602 g/mol. The highest BCUT2D eigenvalue weighted by atomic mass is 16.5. The molecule has 20 nitrogen and oxygen atoms in total. The predicted molar refractivity (Wildman–Crippen MR) is 152 cm³/mol. The molecule has 0 spiro atoms. The Labute approximate surface area is 247 Å². The fraction of sp³-hybridized carbons (Fsp3) is 0.250. The van der Waals surface area contributed by atoms with Crippen LogP contribution in [0.1, 0.15) is 32.1 Å². The lowest BCUT2D eigenvalue weighted by Gasteiger charge is -2.05. The first-order valence-electron chi connectivity index (χ1n) is 12.7. The van der Waals surface area contributed by atoms with Crippen molar-refractivity contribution in [1.29, 1.82) is 0 Å². The maximum absolute atomic E-state index is 12.0. The summed E-state index contributed by atoms with van der Waals surface area (Å²) < 4.78 is 10.1. The smallest absolute Gasteiger partial charge is 0.343 e. The van der Waals surface area contributed by atoms with Crippen molar-refractivity contribution in [3.05, 3.63) is 47.0 Å². The molecule has 0 fully saturated rings. The number of hydrogen-bond donors (Lipinski definition) is 3. The summed E-state index contributed by atoms with van der Waals surface area (Å²) >= 11 is 0. The van der Waals surface area contributed by atoms with E-state index in [1.165, 1.54) is 38.2 Å². The van der Waals surface area contributed by atoms with E-state index in [0.717, 1.165) is 0 Å². The van der Waals surface area contributed by atoms with E-state index in [9.17, 15) is 14.7 Å². The number of nitrogen functional groups attached to an aromatic ring is 2. The van der Waals surface area contributed by atoms with Gasteiger partial charge in [-0.3, -0.25) is 4.79 Å². The van der Waals surface area contributed by atoms with Crippen LogP contribution in [0.3, 0.4) is 0 Å². The third kappa shape index (κ3) is 5.15. The zero-order valence-electron chi connectivity index (χ0n) is 24.1. The number of ether oxygens (including phenoxy) is 1. The Balaban J connectivity index is 1.41. The molecule has 20 heteroatoms. The van der Waals surface area contributed by atoms with Gasteiger partial charge < -0.3 is 21.3 Å². The molecule has 5 rings (SSSR count). The number of aryl methyl sites for hydroxylation is 4. The Bertz CT molecular complexity index is 1800. The SMILES string of the molecule is COC(=O)c1cnn(C)c1/N=N/c1c(C)nn(-c2ccc(-n3nc(C)c(/N=N/c4c(C(=O)CO)cnn4C)c3N)nn2)c1N.